The molecule has 0 bridgehead atoms. The zero-order chi connectivity index (χ0) is 17.7. The molecule has 0 aliphatic carbocycles. The Morgan fingerprint density at radius 3 is 2.88 bits per heavy atom. The van der Waals surface area contributed by atoms with Gasteiger partial charge in [0.25, 0.3) is 5.91 Å². The van der Waals surface area contributed by atoms with Crippen molar-refractivity contribution in [3.63, 3.8) is 0 Å². The molecule has 3 aliphatic rings. The van der Waals surface area contributed by atoms with Crippen molar-refractivity contribution < 1.29 is 18.9 Å². The van der Waals surface area contributed by atoms with E-state index in [2.05, 4.69) is 9.56 Å². The molecule has 1 aromatic rings. The van der Waals surface area contributed by atoms with Gasteiger partial charge in [0, 0.05) is 20.2 Å². The molecule has 2 saturated heterocycles. The van der Waals surface area contributed by atoms with Crippen LogP contribution in [0.15, 0.2) is 11.2 Å². The van der Waals surface area contributed by atoms with Crippen LogP contribution in [0.4, 0.5) is 10.7 Å². The number of hydrogen-bond donors (Lipinski definition) is 0. The van der Waals surface area contributed by atoms with E-state index in [4.69, 9.17) is 4.74 Å². The van der Waals surface area contributed by atoms with E-state index in [1.165, 1.54) is 9.80 Å². The van der Waals surface area contributed by atoms with E-state index in [9.17, 15) is 9.59 Å². The molecule has 3 amide bonds. The summed E-state index contributed by atoms with van der Waals surface area (Å²) in [6.07, 6.45) is 5.00. The van der Waals surface area contributed by atoms with Gasteiger partial charge in [-0.05, 0) is 26.2 Å². The van der Waals surface area contributed by atoms with Gasteiger partial charge in [0.15, 0.2) is 0 Å². The van der Waals surface area contributed by atoms with Crippen LogP contribution >= 0.6 is 0 Å². The maximum absolute atomic E-state index is 12.9. The molecule has 8 nitrogen and oxygen atoms in total. The lowest BCUT2D eigenvalue weighted by Crippen LogP contribution is -2.62. The predicted molar refractivity (Wildman–Crippen MR) is 89.6 cm³/mol. The van der Waals surface area contributed by atoms with Gasteiger partial charge in [-0.25, -0.2) is 13.9 Å². The lowest BCUT2D eigenvalue weighted by Gasteiger charge is -2.32. The second-order valence-electron chi connectivity index (χ2n) is 6.93. The maximum atomic E-state index is 12.9. The Morgan fingerprint density at radius 2 is 2.20 bits per heavy atom. The molecular weight excluding hydrogens is 322 g/mol. The zero-order valence-corrected chi connectivity index (χ0v) is 14.9. The van der Waals surface area contributed by atoms with Crippen molar-refractivity contribution >= 4 is 23.7 Å². The number of rotatable bonds is 4. The highest BCUT2D eigenvalue weighted by atomic mass is 16.5. The van der Waals surface area contributed by atoms with Crippen LogP contribution in [-0.2, 0) is 16.1 Å². The molecule has 1 aromatic heterocycles. The summed E-state index contributed by atoms with van der Waals surface area (Å²) in [7, 11) is 1.69. The quantitative estimate of drug-likeness (QED) is 0.768. The molecule has 4 heterocycles. The van der Waals surface area contributed by atoms with Crippen LogP contribution in [-0.4, -0.2) is 58.4 Å². The largest absolute Gasteiger partial charge is 0.402 e. The molecule has 8 heteroatoms. The van der Waals surface area contributed by atoms with Gasteiger partial charge in [-0.1, -0.05) is 11.9 Å². The third-order valence-electron chi connectivity index (χ3n) is 5.18. The molecule has 2 fully saturated rings. The third kappa shape index (κ3) is 2.38. The van der Waals surface area contributed by atoms with Crippen molar-refractivity contribution in [2.45, 2.75) is 51.8 Å². The summed E-state index contributed by atoms with van der Waals surface area (Å²) in [4.78, 5) is 32.9. The smallest absolute Gasteiger partial charge is 0.375 e. The van der Waals surface area contributed by atoms with E-state index in [-0.39, 0.29) is 18.0 Å². The zero-order valence-electron chi connectivity index (χ0n) is 14.9. The van der Waals surface area contributed by atoms with Crippen molar-refractivity contribution in [2.24, 2.45) is 4.99 Å². The summed E-state index contributed by atoms with van der Waals surface area (Å²) in [6, 6.07) is -0.844. The molecule has 0 saturated carbocycles. The van der Waals surface area contributed by atoms with Gasteiger partial charge in [-0.15, -0.1) is 0 Å². The molecule has 3 aliphatic heterocycles. The SMILES string of the molecule is CCCN1C(=O)C2C(=Nc3n(CC4CCCO4)c(C)c[n+]32)N(C)C1=O. The number of carbonyl (C=O) groups excluding carboxylic acids is 2. The molecule has 2 atom stereocenters. The fourth-order valence-corrected chi connectivity index (χ4v) is 3.88. The second kappa shape index (κ2) is 5.94. The predicted octanol–water partition coefficient (Wildman–Crippen LogP) is 1.15. The van der Waals surface area contributed by atoms with Crippen molar-refractivity contribution in [3.8, 4) is 0 Å². The van der Waals surface area contributed by atoms with Crippen molar-refractivity contribution in [1.82, 2.24) is 14.4 Å². The van der Waals surface area contributed by atoms with Gasteiger partial charge < -0.3 is 4.74 Å². The highest BCUT2D eigenvalue weighted by Gasteiger charge is 2.53. The number of aliphatic imine (C=N–C) groups is 1. The lowest BCUT2D eigenvalue weighted by atomic mass is 10.1. The van der Waals surface area contributed by atoms with E-state index in [0.29, 0.717) is 12.4 Å². The normalized spacial score (nSPS) is 25.5. The number of amidine groups is 1. The van der Waals surface area contributed by atoms with Crippen LogP contribution in [0.5, 0.6) is 0 Å². The van der Waals surface area contributed by atoms with Crippen LogP contribution in [0.2, 0.25) is 0 Å². The van der Waals surface area contributed by atoms with Crippen LogP contribution in [0.3, 0.4) is 0 Å². The van der Waals surface area contributed by atoms with Crippen molar-refractivity contribution in [1.29, 1.82) is 0 Å². The first-order valence-electron chi connectivity index (χ1n) is 8.93. The molecule has 4 rings (SSSR count). The molecule has 2 unspecified atom stereocenters. The third-order valence-corrected chi connectivity index (χ3v) is 5.18. The summed E-state index contributed by atoms with van der Waals surface area (Å²) >= 11 is 0. The van der Waals surface area contributed by atoms with Crippen LogP contribution in [0.1, 0.15) is 37.9 Å². The number of ether oxygens (including phenoxy) is 1. The van der Waals surface area contributed by atoms with E-state index < -0.39 is 6.04 Å². The van der Waals surface area contributed by atoms with Crippen molar-refractivity contribution in [3.05, 3.63) is 11.9 Å². The Kier molecular flexibility index (Phi) is 3.87. The Labute approximate surface area is 146 Å². The minimum Gasteiger partial charge on any atom is -0.375 e. The highest BCUT2D eigenvalue weighted by molar-refractivity contribution is 6.19. The van der Waals surface area contributed by atoms with E-state index in [1.54, 1.807) is 7.05 Å². The summed E-state index contributed by atoms with van der Waals surface area (Å²) in [5.74, 6) is 1.04. The summed E-state index contributed by atoms with van der Waals surface area (Å²) < 4.78 is 9.74. The molecule has 25 heavy (non-hydrogen) atoms. The average Bonchev–Trinajstić information content (AvgIpc) is 3.28. The number of likely N-dealkylation sites (N-methyl/N-ethyl adjacent to an activating group) is 1. The van der Waals surface area contributed by atoms with Crippen molar-refractivity contribution in [2.75, 3.05) is 20.2 Å². The van der Waals surface area contributed by atoms with Gasteiger partial charge >= 0.3 is 12.0 Å². The molecule has 0 spiro atoms. The number of carbonyl (C=O) groups is 2. The summed E-state index contributed by atoms with van der Waals surface area (Å²) in [5.41, 5.74) is 1.04. The molecule has 0 aromatic carbocycles. The lowest BCUT2D eigenvalue weighted by molar-refractivity contribution is -0.677. The fraction of sp³-hybridized carbons (Fsp3) is 0.647. The highest BCUT2D eigenvalue weighted by Crippen LogP contribution is 2.30. The Balaban J connectivity index is 1.72. The number of fused-ring (bicyclic) bond motifs is 3. The fourth-order valence-electron chi connectivity index (χ4n) is 3.88. The van der Waals surface area contributed by atoms with Gasteiger partial charge in [-0.2, -0.15) is 0 Å². The Hall–Kier alpha value is -2.22. The number of aromatic nitrogens is 2. The first kappa shape index (κ1) is 16.3. The summed E-state index contributed by atoms with van der Waals surface area (Å²) in [6.45, 7) is 5.93. The standard InChI is InChI=1S/C17H24N5O3/c1-4-7-20-15(23)13-14(19(3)17(20)24)18-16-21(11(2)9-22(13)16)10-12-6-5-8-25-12/h9,12-13H,4-8,10H2,1-3H3/q+1. The molecule has 0 radical (unpaired) electrons. The topological polar surface area (TPSA) is 71.0 Å². The number of hydrogen-bond acceptors (Lipinski definition) is 4. The van der Waals surface area contributed by atoms with Crippen LogP contribution < -0.4 is 4.57 Å². The van der Waals surface area contributed by atoms with E-state index in [0.717, 1.165) is 44.1 Å². The summed E-state index contributed by atoms with van der Waals surface area (Å²) in [5, 5.41) is 0. The first-order chi connectivity index (χ1) is 12.0. The molecular formula is C17H24N5O3+. The molecule has 134 valence electrons. The Morgan fingerprint density at radius 1 is 1.40 bits per heavy atom. The van der Waals surface area contributed by atoms with Crippen LogP contribution in [0.25, 0.3) is 0 Å². The molecule has 0 N–H and O–H groups in total. The maximum Gasteiger partial charge on any atom is 0.402 e. The minimum absolute atomic E-state index is 0.185. The van der Waals surface area contributed by atoms with E-state index >= 15 is 0 Å². The van der Waals surface area contributed by atoms with Gasteiger partial charge in [-0.3, -0.25) is 14.6 Å². The number of imidazole rings is 1. The minimum atomic E-state index is -0.548. The second-order valence-corrected chi connectivity index (χ2v) is 6.93. The Bertz CT molecular complexity index is 763. The van der Waals surface area contributed by atoms with Gasteiger partial charge in [0.1, 0.15) is 11.9 Å². The van der Waals surface area contributed by atoms with Gasteiger partial charge in [0.05, 0.1) is 12.6 Å². The number of nitrogens with zero attached hydrogens (tertiary/aromatic N) is 5. The van der Waals surface area contributed by atoms with Gasteiger partial charge in [0.2, 0.25) is 11.9 Å². The first-order valence-corrected chi connectivity index (χ1v) is 8.93. The van der Waals surface area contributed by atoms with Crippen LogP contribution in [0, 0.1) is 6.92 Å². The number of urea groups is 1. The number of amides is 3. The number of imide groups is 1. The van der Waals surface area contributed by atoms with E-state index in [1.807, 2.05) is 24.6 Å². The number of aryl methyl sites for hydroxylation is 1. The monoisotopic (exact) mass is 346 g/mol. The average molecular weight is 346 g/mol.